The summed E-state index contributed by atoms with van der Waals surface area (Å²) >= 11 is 5.86. The lowest BCUT2D eigenvalue weighted by molar-refractivity contribution is -0.123. The van der Waals surface area contributed by atoms with Gasteiger partial charge in [0.1, 0.15) is 0 Å². The minimum Gasteiger partial charge on any atom is -0.354 e. The van der Waals surface area contributed by atoms with Crippen molar-refractivity contribution in [1.29, 1.82) is 0 Å². The first-order valence-corrected chi connectivity index (χ1v) is 7.62. The lowest BCUT2D eigenvalue weighted by atomic mass is 10.0. The molecular formula is C16H23ClN2O2. The van der Waals surface area contributed by atoms with Crippen LogP contribution in [0.4, 0.5) is 0 Å². The van der Waals surface area contributed by atoms with E-state index in [9.17, 15) is 9.59 Å². The predicted molar refractivity (Wildman–Crippen MR) is 85.1 cm³/mol. The van der Waals surface area contributed by atoms with Crippen LogP contribution in [0.25, 0.3) is 0 Å². The number of benzene rings is 1. The smallest absolute Gasteiger partial charge is 0.222 e. The Labute approximate surface area is 131 Å². The Hall–Kier alpha value is -1.55. The second-order valence-electron chi connectivity index (χ2n) is 5.27. The molecular weight excluding hydrogens is 288 g/mol. The van der Waals surface area contributed by atoms with Gasteiger partial charge in [0.05, 0.1) is 12.5 Å². The zero-order chi connectivity index (χ0) is 15.8. The Bertz CT molecular complexity index is 474. The van der Waals surface area contributed by atoms with Crippen LogP contribution in [-0.4, -0.2) is 17.9 Å². The molecule has 1 aromatic carbocycles. The normalized spacial score (nSPS) is 13.3. The molecule has 0 aliphatic heterocycles. The Morgan fingerprint density at radius 2 is 1.81 bits per heavy atom. The monoisotopic (exact) mass is 310 g/mol. The van der Waals surface area contributed by atoms with Crippen LogP contribution in [0.15, 0.2) is 24.3 Å². The number of hydrogen-bond donors (Lipinski definition) is 2. The van der Waals surface area contributed by atoms with E-state index in [1.807, 2.05) is 19.1 Å². The van der Waals surface area contributed by atoms with Crippen LogP contribution in [-0.2, 0) is 9.59 Å². The Morgan fingerprint density at radius 3 is 2.33 bits per heavy atom. The maximum atomic E-state index is 12.1. The highest BCUT2D eigenvalue weighted by molar-refractivity contribution is 6.30. The molecule has 116 valence electrons. The number of carbonyl (C=O) groups is 2. The molecule has 0 aliphatic rings. The molecule has 0 fully saturated rings. The third-order valence-corrected chi connectivity index (χ3v) is 3.42. The quantitative estimate of drug-likeness (QED) is 0.812. The first-order valence-electron chi connectivity index (χ1n) is 7.24. The number of hydrogen-bond acceptors (Lipinski definition) is 2. The first kappa shape index (κ1) is 17.5. The standard InChI is InChI=1S/C16H23ClN2O2/c1-4-5-11(2)18-16(21)10-15(19-12(3)20)13-6-8-14(17)9-7-13/h6-9,11,15H,4-5,10H2,1-3H3,(H,18,21)(H,19,20)/t11-,15-/m1/s1. The topological polar surface area (TPSA) is 58.2 Å². The van der Waals surface area contributed by atoms with Crippen LogP contribution < -0.4 is 10.6 Å². The highest BCUT2D eigenvalue weighted by Crippen LogP contribution is 2.19. The zero-order valence-electron chi connectivity index (χ0n) is 12.8. The lowest BCUT2D eigenvalue weighted by Gasteiger charge is -2.20. The molecule has 21 heavy (non-hydrogen) atoms. The van der Waals surface area contributed by atoms with Crippen molar-refractivity contribution in [2.75, 3.05) is 0 Å². The summed E-state index contributed by atoms with van der Waals surface area (Å²) in [4.78, 5) is 23.4. The van der Waals surface area contributed by atoms with Crippen LogP contribution in [0.2, 0.25) is 5.02 Å². The Morgan fingerprint density at radius 1 is 1.19 bits per heavy atom. The Balaban J connectivity index is 2.72. The number of nitrogens with one attached hydrogen (secondary N) is 2. The van der Waals surface area contributed by atoms with E-state index in [0.717, 1.165) is 18.4 Å². The molecule has 0 bridgehead atoms. The van der Waals surface area contributed by atoms with E-state index in [2.05, 4.69) is 17.6 Å². The second-order valence-corrected chi connectivity index (χ2v) is 5.70. The third kappa shape index (κ3) is 6.63. The molecule has 0 unspecified atom stereocenters. The van der Waals surface area contributed by atoms with E-state index in [0.29, 0.717) is 5.02 Å². The average molecular weight is 311 g/mol. The molecule has 0 aromatic heterocycles. The summed E-state index contributed by atoms with van der Waals surface area (Å²) in [7, 11) is 0. The van der Waals surface area contributed by atoms with Crippen LogP contribution in [0.3, 0.4) is 0 Å². The fourth-order valence-electron chi connectivity index (χ4n) is 2.22. The van der Waals surface area contributed by atoms with Crippen LogP contribution in [0.5, 0.6) is 0 Å². The summed E-state index contributed by atoms with van der Waals surface area (Å²) in [6, 6.07) is 6.96. The summed E-state index contributed by atoms with van der Waals surface area (Å²) in [5, 5.41) is 6.38. The van der Waals surface area contributed by atoms with Gasteiger partial charge in [0.2, 0.25) is 11.8 Å². The van der Waals surface area contributed by atoms with Crippen LogP contribution >= 0.6 is 11.6 Å². The fourth-order valence-corrected chi connectivity index (χ4v) is 2.34. The van der Waals surface area contributed by atoms with Crippen LogP contribution in [0, 0.1) is 0 Å². The largest absolute Gasteiger partial charge is 0.354 e. The number of amides is 2. The average Bonchev–Trinajstić information content (AvgIpc) is 2.38. The van der Waals surface area contributed by atoms with Crippen molar-refractivity contribution in [2.24, 2.45) is 0 Å². The van der Waals surface area contributed by atoms with Gasteiger partial charge in [-0.15, -0.1) is 0 Å². The highest BCUT2D eigenvalue weighted by atomic mass is 35.5. The highest BCUT2D eigenvalue weighted by Gasteiger charge is 2.18. The van der Waals surface area contributed by atoms with Crippen molar-refractivity contribution in [3.05, 3.63) is 34.9 Å². The van der Waals surface area contributed by atoms with Crippen molar-refractivity contribution < 1.29 is 9.59 Å². The van der Waals surface area contributed by atoms with E-state index >= 15 is 0 Å². The number of carbonyl (C=O) groups excluding carboxylic acids is 2. The zero-order valence-corrected chi connectivity index (χ0v) is 13.5. The van der Waals surface area contributed by atoms with Gasteiger partial charge in [0.25, 0.3) is 0 Å². The molecule has 0 radical (unpaired) electrons. The van der Waals surface area contributed by atoms with Crippen molar-refractivity contribution in [3.63, 3.8) is 0 Å². The van der Waals surface area contributed by atoms with Gasteiger partial charge in [-0.05, 0) is 31.0 Å². The molecule has 4 nitrogen and oxygen atoms in total. The summed E-state index contributed by atoms with van der Waals surface area (Å²) in [6.07, 6.45) is 2.18. The molecule has 2 amide bonds. The molecule has 2 N–H and O–H groups in total. The molecule has 1 rings (SSSR count). The van der Waals surface area contributed by atoms with E-state index in [-0.39, 0.29) is 30.3 Å². The molecule has 2 atom stereocenters. The van der Waals surface area contributed by atoms with Gasteiger partial charge in [0, 0.05) is 18.0 Å². The number of rotatable bonds is 7. The maximum absolute atomic E-state index is 12.1. The van der Waals surface area contributed by atoms with Crippen molar-refractivity contribution >= 4 is 23.4 Å². The summed E-state index contributed by atoms with van der Waals surface area (Å²) in [6.45, 7) is 5.51. The van der Waals surface area contributed by atoms with Crippen molar-refractivity contribution in [1.82, 2.24) is 10.6 Å². The molecule has 1 aromatic rings. The molecule has 0 heterocycles. The second kappa shape index (κ2) is 8.67. The van der Waals surface area contributed by atoms with E-state index in [4.69, 9.17) is 11.6 Å². The summed E-state index contributed by atoms with van der Waals surface area (Å²) in [5.41, 5.74) is 0.868. The van der Waals surface area contributed by atoms with Gasteiger partial charge in [0.15, 0.2) is 0 Å². The van der Waals surface area contributed by atoms with Gasteiger partial charge < -0.3 is 10.6 Å². The molecule has 5 heteroatoms. The van der Waals surface area contributed by atoms with Gasteiger partial charge in [-0.2, -0.15) is 0 Å². The fraction of sp³-hybridized carbons (Fsp3) is 0.500. The molecule has 0 spiro atoms. The molecule has 0 saturated carbocycles. The van der Waals surface area contributed by atoms with Crippen LogP contribution in [0.1, 0.15) is 51.6 Å². The van der Waals surface area contributed by atoms with Gasteiger partial charge in [-0.25, -0.2) is 0 Å². The van der Waals surface area contributed by atoms with Gasteiger partial charge in [-0.1, -0.05) is 37.1 Å². The maximum Gasteiger partial charge on any atom is 0.222 e. The van der Waals surface area contributed by atoms with Crippen molar-refractivity contribution in [3.8, 4) is 0 Å². The van der Waals surface area contributed by atoms with Gasteiger partial charge >= 0.3 is 0 Å². The van der Waals surface area contributed by atoms with Crippen molar-refractivity contribution in [2.45, 2.75) is 52.1 Å². The van der Waals surface area contributed by atoms with E-state index < -0.39 is 0 Å². The SMILES string of the molecule is CCC[C@@H](C)NC(=O)C[C@@H](NC(C)=O)c1ccc(Cl)cc1. The van der Waals surface area contributed by atoms with E-state index in [1.54, 1.807) is 12.1 Å². The summed E-state index contributed by atoms with van der Waals surface area (Å²) < 4.78 is 0. The Kier molecular flexibility index (Phi) is 7.23. The van der Waals surface area contributed by atoms with Gasteiger partial charge in [-0.3, -0.25) is 9.59 Å². The molecule has 0 aliphatic carbocycles. The van der Waals surface area contributed by atoms with E-state index in [1.165, 1.54) is 6.92 Å². The minimum absolute atomic E-state index is 0.0651. The first-order chi connectivity index (χ1) is 9.92. The predicted octanol–water partition coefficient (Wildman–Crippen LogP) is 3.21. The lowest BCUT2D eigenvalue weighted by Crippen LogP contribution is -2.36. The minimum atomic E-state index is -0.339. The molecule has 0 saturated heterocycles. The number of halogens is 1. The summed E-state index contributed by atoms with van der Waals surface area (Å²) in [5.74, 6) is -0.228. The third-order valence-electron chi connectivity index (χ3n) is 3.17.